The molecule has 0 aliphatic carbocycles. The van der Waals surface area contributed by atoms with Gasteiger partial charge in [0, 0.05) is 30.3 Å². The van der Waals surface area contributed by atoms with Crippen molar-refractivity contribution < 1.29 is 18.4 Å². The van der Waals surface area contributed by atoms with Crippen LogP contribution >= 0.6 is 0 Å². The largest absolute Gasteiger partial charge is 0.349 e. The Labute approximate surface area is 163 Å². The minimum atomic E-state index is -0.687. The number of hydrogen-bond donors (Lipinski definition) is 1. The van der Waals surface area contributed by atoms with Crippen LogP contribution in [0.1, 0.15) is 47.3 Å². The number of hydrogen-bond acceptors (Lipinski definition) is 2. The van der Waals surface area contributed by atoms with Crippen molar-refractivity contribution in [3.63, 3.8) is 0 Å². The minimum Gasteiger partial charge on any atom is -0.349 e. The van der Waals surface area contributed by atoms with Gasteiger partial charge in [-0.15, -0.1) is 0 Å². The van der Waals surface area contributed by atoms with Gasteiger partial charge in [0.15, 0.2) is 0 Å². The summed E-state index contributed by atoms with van der Waals surface area (Å²) in [6.45, 7) is 4.56. The van der Waals surface area contributed by atoms with E-state index in [1.54, 1.807) is 24.0 Å². The van der Waals surface area contributed by atoms with Crippen LogP contribution in [0.3, 0.4) is 0 Å². The predicted molar refractivity (Wildman–Crippen MR) is 103 cm³/mol. The lowest BCUT2D eigenvalue weighted by Gasteiger charge is -2.32. The molecule has 2 atom stereocenters. The van der Waals surface area contributed by atoms with Crippen LogP contribution in [0.25, 0.3) is 0 Å². The Hall–Kier alpha value is -2.76. The van der Waals surface area contributed by atoms with Crippen molar-refractivity contribution in [2.24, 2.45) is 5.92 Å². The van der Waals surface area contributed by atoms with E-state index in [-0.39, 0.29) is 23.3 Å². The van der Waals surface area contributed by atoms with Gasteiger partial charge in [0.25, 0.3) is 5.91 Å². The number of benzene rings is 2. The zero-order valence-electron chi connectivity index (χ0n) is 16.0. The van der Waals surface area contributed by atoms with E-state index in [2.05, 4.69) is 5.32 Å². The Bertz CT molecular complexity index is 867. The van der Waals surface area contributed by atoms with Crippen molar-refractivity contribution >= 4 is 11.8 Å². The molecule has 2 aromatic rings. The highest BCUT2D eigenvalue weighted by molar-refractivity contribution is 5.94. The number of rotatable bonds is 4. The molecule has 6 heteroatoms. The molecule has 0 aromatic heterocycles. The van der Waals surface area contributed by atoms with Gasteiger partial charge in [-0.1, -0.05) is 23.8 Å². The van der Waals surface area contributed by atoms with Gasteiger partial charge in [0.1, 0.15) is 11.6 Å². The van der Waals surface area contributed by atoms with Crippen molar-refractivity contribution in [2.75, 3.05) is 13.1 Å². The molecule has 28 heavy (non-hydrogen) atoms. The fourth-order valence-electron chi connectivity index (χ4n) is 3.52. The average Bonchev–Trinajstić information content (AvgIpc) is 2.68. The van der Waals surface area contributed by atoms with Gasteiger partial charge >= 0.3 is 0 Å². The molecule has 3 rings (SSSR count). The SMILES string of the molecule is Cc1ccc(C(=O)N2CCCC(C(=O)NC(C)c3ccc(F)cc3F)C2)cc1. The van der Waals surface area contributed by atoms with Crippen molar-refractivity contribution in [2.45, 2.75) is 32.7 Å². The smallest absolute Gasteiger partial charge is 0.253 e. The normalized spacial score (nSPS) is 17.9. The van der Waals surface area contributed by atoms with Crippen LogP contribution in [0.2, 0.25) is 0 Å². The second-order valence-electron chi connectivity index (χ2n) is 7.35. The van der Waals surface area contributed by atoms with Gasteiger partial charge in [-0.05, 0) is 44.9 Å². The van der Waals surface area contributed by atoms with Crippen LogP contribution in [0, 0.1) is 24.5 Å². The van der Waals surface area contributed by atoms with Crippen LogP contribution in [0.4, 0.5) is 8.78 Å². The van der Waals surface area contributed by atoms with Gasteiger partial charge in [-0.25, -0.2) is 8.78 Å². The molecule has 1 fully saturated rings. The number of likely N-dealkylation sites (tertiary alicyclic amines) is 1. The molecule has 1 N–H and O–H groups in total. The van der Waals surface area contributed by atoms with Crippen molar-refractivity contribution in [1.29, 1.82) is 0 Å². The van der Waals surface area contributed by atoms with E-state index in [0.717, 1.165) is 18.1 Å². The van der Waals surface area contributed by atoms with Gasteiger partial charge in [-0.3, -0.25) is 9.59 Å². The molecule has 0 radical (unpaired) electrons. The van der Waals surface area contributed by atoms with Crippen LogP contribution in [-0.4, -0.2) is 29.8 Å². The first-order valence-electron chi connectivity index (χ1n) is 9.46. The molecular weight excluding hydrogens is 362 g/mol. The fraction of sp³-hybridized carbons (Fsp3) is 0.364. The number of amides is 2. The fourth-order valence-corrected chi connectivity index (χ4v) is 3.52. The molecule has 2 amide bonds. The van der Waals surface area contributed by atoms with Crippen molar-refractivity contribution in [3.05, 3.63) is 70.8 Å². The highest BCUT2D eigenvalue weighted by Crippen LogP contribution is 2.22. The summed E-state index contributed by atoms with van der Waals surface area (Å²) < 4.78 is 27.0. The van der Waals surface area contributed by atoms with E-state index in [9.17, 15) is 18.4 Å². The first-order valence-corrected chi connectivity index (χ1v) is 9.46. The first kappa shape index (κ1) is 20.0. The Morgan fingerprint density at radius 2 is 1.86 bits per heavy atom. The summed E-state index contributed by atoms with van der Waals surface area (Å²) in [5.74, 6) is -2.01. The zero-order chi connectivity index (χ0) is 20.3. The Morgan fingerprint density at radius 3 is 2.54 bits per heavy atom. The molecule has 0 bridgehead atoms. The molecule has 1 saturated heterocycles. The number of carbonyl (C=O) groups excluding carboxylic acids is 2. The maximum absolute atomic E-state index is 13.9. The van der Waals surface area contributed by atoms with Gasteiger partial charge in [-0.2, -0.15) is 0 Å². The maximum atomic E-state index is 13.9. The molecule has 2 unspecified atom stereocenters. The summed E-state index contributed by atoms with van der Waals surface area (Å²) in [7, 11) is 0. The van der Waals surface area contributed by atoms with Crippen LogP contribution in [-0.2, 0) is 4.79 Å². The Balaban J connectivity index is 1.63. The highest BCUT2D eigenvalue weighted by Gasteiger charge is 2.30. The van der Waals surface area contributed by atoms with Crippen LogP contribution < -0.4 is 5.32 Å². The summed E-state index contributed by atoms with van der Waals surface area (Å²) in [6, 6.07) is 10.1. The van der Waals surface area contributed by atoms with E-state index in [4.69, 9.17) is 0 Å². The number of nitrogens with one attached hydrogen (secondary N) is 1. The molecule has 2 aromatic carbocycles. The predicted octanol–water partition coefficient (Wildman–Crippen LogP) is 4.00. The van der Waals surface area contributed by atoms with E-state index in [1.807, 2.05) is 19.1 Å². The van der Waals surface area contributed by atoms with E-state index >= 15 is 0 Å². The summed E-state index contributed by atoms with van der Waals surface area (Å²) in [6.07, 6.45) is 1.40. The quantitative estimate of drug-likeness (QED) is 0.863. The topological polar surface area (TPSA) is 49.4 Å². The summed E-state index contributed by atoms with van der Waals surface area (Å²) >= 11 is 0. The Kier molecular flexibility index (Phi) is 6.07. The third-order valence-electron chi connectivity index (χ3n) is 5.17. The average molecular weight is 386 g/mol. The molecule has 0 saturated carbocycles. The first-order chi connectivity index (χ1) is 13.3. The van der Waals surface area contributed by atoms with Gasteiger partial charge in [0.05, 0.1) is 12.0 Å². The molecular formula is C22H24F2N2O2. The monoisotopic (exact) mass is 386 g/mol. The highest BCUT2D eigenvalue weighted by atomic mass is 19.1. The second kappa shape index (κ2) is 8.50. The summed E-state index contributed by atoms with van der Waals surface area (Å²) in [5.41, 5.74) is 1.92. The van der Waals surface area contributed by atoms with Crippen LogP contribution in [0.5, 0.6) is 0 Å². The van der Waals surface area contributed by atoms with Crippen molar-refractivity contribution in [3.8, 4) is 0 Å². The van der Waals surface area contributed by atoms with E-state index < -0.39 is 17.7 Å². The van der Waals surface area contributed by atoms with Gasteiger partial charge in [0.2, 0.25) is 5.91 Å². The van der Waals surface area contributed by atoms with E-state index in [0.29, 0.717) is 25.1 Å². The van der Waals surface area contributed by atoms with Crippen LogP contribution in [0.15, 0.2) is 42.5 Å². The standard InChI is InChI=1S/C22H24F2N2O2/c1-14-5-7-16(8-6-14)22(28)26-11-3-4-17(13-26)21(27)25-15(2)19-10-9-18(23)12-20(19)24/h5-10,12,15,17H,3-4,11,13H2,1-2H3,(H,25,27). The molecule has 1 aliphatic rings. The number of piperidine rings is 1. The molecule has 148 valence electrons. The lowest BCUT2D eigenvalue weighted by atomic mass is 9.95. The number of carbonyl (C=O) groups is 2. The lowest BCUT2D eigenvalue weighted by Crippen LogP contribution is -2.45. The molecule has 4 nitrogen and oxygen atoms in total. The number of halogens is 2. The minimum absolute atomic E-state index is 0.0878. The lowest BCUT2D eigenvalue weighted by molar-refractivity contribution is -0.127. The molecule has 0 spiro atoms. The Morgan fingerprint density at radius 1 is 1.14 bits per heavy atom. The molecule has 1 aliphatic heterocycles. The van der Waals surface area contributed by atoms with E-state index in [1.165, 1.54) is 12.1 Å². The summed E-state index contributed by atoms with van der Waals surface area (Å²) in [4.78, 5) is 27.1. The van der Waals surface area contributed by atoms with Crippen molar-refractivity contribution in [1.82, 2.24) is 10.2 Å². The third-order valence-corrected chi connectivity index (χ3v) is 5.17. The molecule has 1 heterocycles. The summed E-state index contributed by atoms with van der Waals surface area (Å²) in [5, 5.41) is 2.79. The third kappa shape index (κ3) is 4.55. The second-order valence-corrected chi connectivity index (χ2v) is 7.35. The maximum Gasteiger partial charge on any atom is 0.253 e. The number of aryl methyl sites for hydroxylation is 1. The number of nitrogens with zero attached hydrogens (tertiary/aromatic N) is 1. The van der Waals surface area contributed by atoms with Gasteiger partial charge < -0.3 is 10.2 Å². The zero-order valence-corrected chi connectivity index (χ0v) is 16.0.